The van der Waals surface area contributed by atoms with Crippen molar-refractivity contribution >= 4 is 17.7 Å². The second-order valence-corrected chi connectivity index (χ2v) is 9.74. The first-order valence-electron chi connectivity index (χ1n) is 13.1. The number of carbonyl (C=O) groups is 2. The number of likely N-dealkylation sites (tertiary alicyclic amines) is 1. The van der Waals surface area contributed by atoms with Crippen molar-refractivity contribution in [1.82, 2.24) is 9.88 Å². The molecule has 2 atom stereocenters. The number of hydrogen-bond donors (Lipinski definition) is 1. The highest BCUT2D eigenvalue weighted by atomic mass is 16.5. The fourth-order valence-electron chi connectivity index (χ4n) is 5.55. The second kappa shape index (κ2) is 10.7. The number of hydrogen-bond acceptors (Lipinski definition) is 6. The highest BCUT2D eigenvalue weighted by Gasteiger charge is 2.37. The summed E-state index contributed by atoms with van der Waals surface area (Å²) in [5.74, 6) is 1.74. The molecule has 1 saturated heterocycles. The second-order valence-electron chi connectivity index (χ2n) is 9.74. The molecule has 35 heavy (non-hydrogen) atoms. The summed E-state index contributed by atoms with van der Waals surface area (Å²) in [4.78, 5) is 32.6. The first-order chi connectivity index (χ1) is 17.1. The quantitative estimate of drug-likeness (QED) is 0.544. The van der Waals surface area contributed by atoms with Gasteiger partial charge in [0, 0.05) is 31.1 Å². The summed E-state index contributed by atoms with van der Waals surface area (Å²) >= 11 is 0. The first kappa shape index (κ1) is 23.6. The summed E-state index contributed by atoms with van der Waals surface area (Å²) in [5, 5.41) is 3.40. The number of esters is 1. The van der Waals surface area contributed by atoms with Crippen molar-refractivity contribution in [2.75, 3.05) is 31.6 Å². The lowest BCUT2D eigenvalue weighted by atomic mass is 9.98. The number of amides is 1. The van der Waals surface area contributed by atoms with Crippen molar-refractivity contribution in [2.24, 2.45) is 5.92 Å². The molecule has 1 fully saturated rings. The maximum absolute atomic E-state index is 13.4. The molecule has 1 N–H and O–H groups in total. The van der Waals surface area contributed by atoms with Gasteiger partial charge in [-0.25, -0.2) is 4.98 Å². The van der Waals surface area contributed by atoms with Gasteiger partial charge in [0.15, 0.2) is 0 Å². The standard InChI is InChI=1S/C28H35N3O4/c1-2-34-26(32)18-24(22-9-8-19-13-16-35-25(19)17-22)31-15-12-21(28(31)33)5-3-7-23-11-10-20-6-4-14-29-27(20)30-23/h8-11,17,21,24H,2-7,12-16,18H2,1H3,(H,29,30)/t21-,24+/m1/s1. The predicted octanol–water partition coefficient (Wildman–Crippen LogP) is 4.24. The van der Waals surface area contributed by atoms with Crippen LogP contribution in [-0.4, -0.2) is 48.1 Å². The predicted molar refractivity (Wildman–Crippen MR) is 133 cm³/mol. The van der Waals surface area contributed by atoms with Crippen LogP contribution in [0.4, 0.5) is 5.82 Å². The van der Waals surface area contributed by atoms with Crippen LogP contribution in [0.2, 0.25) is 0 Å². The monoisotopic (exact) mass is 477 g/mol. The maximum atomic E-state index is 13.4. The van der Waals surface area contributed by atoms with Crippen molar-refractivity contribution in [3.05, 3.63) is 52.7 Å². The Morgan fingerprint density at radius 3 is 3.03 bits per heavy atom. The largest absolute Gasteiger partial charge is 0.493 e. The first-order valence-corrected chi connectivity index (χ1v) is 13.1. The van der Waals surface area contributed by atoms with Gasteiger partial charge in [-0.1, -0.05) is 18.2 Å². The minimum absolute atomic E-state index is 0.0128. The van der Waals surface area contributed by atoms with E-state index in [1.807, 2.05) is 17.0 Å². The molecule has 1 aromatic heterocycles. The summed E-state index contributed by atoms with van der Waals surface area (Å²) in [7, 11) is 0. The molecule has 3 aliphatic rings. The van der Waals surface area contributed by atoms with Crippen LogP contribution >= 0.6 is 0 Å². The third-order valence-electron chi connectivity index (χ3n) is 7.43. The molecule has 0 aliphatic carbocycles. The molecule has 0 bridgehead atoms. The molecule has 0 unspecified atom stereocenters. The number of carbonyl (C=O) groups excluding carboxylic acids is 2. The zero-order valence-electron chi connectivity index (χ0n) is 20.6. The Labute approximate surface area is 207 Å². The lowest BCUT2D eigenvalue weighted by molar-refractivity contribution is -0.145. The Morgan fingerprint density at radius 1 is 1.26 bits per heavy atom. The highest BCUT2D eigenvalue weighted by Crippen LogP contribution is 2.37. The zero-order chi connectivity index (χ0) is 24.2. The van der Waals surface area contributed by atoms with Gasteiger partial charge >= 0.3 is 5.97 Å². The molecule has 4 heterocycles. The van der Waals surface area contributed by atoms with Crippen molar-refractivity contribution in [1.29, 1.82) is 0 Å². The number of nitrogens with zero attached hydrogens (tertiary/aromatic N) is 2. The van der Waals surface area contributed by atoms with Gasteiger partial charge in [-0.15, -0.1) is 0 Å². The Hall–Kier alpha value is -3.09. The number of aryl methyl sites for hydroxylation is 2. The van der Waals surface area contributed by atoms with E-state index in [-0.39, 0.29) is 30.3 Å². The summed E-state index contributed by atoms with van der Waals surface area (Å²) in [6.45, 7) is 4.47. The summed E-state index contributed by atoms with van der Waals surface area (Å²) in [6.07, 6.45) is 6.75. The van der Waals surface area contributed by atoms with E-state index in [4.69, 9.17) is 14.5 Å². The average molecular weight is 478 g/mol. The molecule has 2 aromatic rings. The van der Waals surface area contributed by atoms with Crippen LogP contribution in [0.1, 0.15) is 67.5 Å². The molecular weight excluding hydrogens is 442 g/mol. The molecule has 7 heteroatoms. The zero-order valence-corrected chi connectivity index (χ0v) is 20.6. The normalized spacial score (nSPS) is 19.5. The van der Waals surface area contributed by atoms with Crippen LogP contribution in [0.5, 0.6) is 5.75 Å². The van der Waals surface area contributed by atoms with E-state index in [1.165, 1.54) is 11.1 Å². The van der Waals surface area contributed by atoms with E-state index < -0.39 is 0 Å². The fraction of sp³-hybridized carbons (Fsp3) is 0.536. The molecule has 0 spiro atoms. The van der Waals surface area contributed by atoms with Crippen LogP contribution in [0, 0.1) is 5.92 Å². The molecule has 3 aliphatic heterocycles. The molecule has 1 amide bonds. The van der Waals surface area contributed by atoms with Crippen LogP contribution < -0.4 is 10.1 Å². The molecule has 7 nitrogen and oxygen atoms in total. The number of anilines is 1. The van der Waals surface area contributed by atoms with Crippen molar-refractivity contribution in [3.63, 3.8) is 0 Å². The SMILES string of the molecule is CCOC(=O)C[C@@H](c1ccc2c(c1)OCC2)N1CC[C@@H](CCCc2ccc3c(n2)NCCC3)C1=O. The number of pyridine rings is 1. The van der Waals surface area contributed by atoms with Gasteiger partial charge in [-0.3, -0.25) is 9.59 Å². The lowest BCUT2D eigenvalue weighted by Crippen LogP contribution is -2.33. The Morgan fingerprint density at radius 2 is 2.14 bits per heavy atom. The number of rotatable bonds is 9. The topological polar surface area (TPSA) is 80.8 Å². The fourth-order valence-corrected chi connectivity index (χ4v) is 5.55. The van der Waals surface area contributed by atoms with E-state index in [0.29, 0.717) is 19.8 Å². The van der Waals surface area contributed by atoms with E-state index in [9.17, 15) is 9.59 Å². The average Bonchev–Trinajstić information content (AvgIpc) is 3.49. The molecule has 0 saturated carbocycles. The van der Waals surface area contributed by atoms with Gasteiger partial charge < -0.3 is 19.7 Å². The number of benzene rings is 1. The van der Waals surface area contributed by atoms with Gasteiger partial charge in [0.2, 0.25) is 5.91 Å². The van der Waals surface area contributed by atoms with Crippen LogP contribution in [-0.2, 0) is 33.6 Å². The highest BCUT2D eigenvalue weighted by molar-refractivity contribution is 5.82. The van der Waals surface area contributed by atoms with E-state index in [1.54, 1.807) is 6.92 Å². The van der Waals surface area contributed by atoms with Crippen molar-refractivity contribution in [2.45, 2.75) is 64.3 Å². The number of ether oxygens (including phenoxy) is 2. The molecule has 5 rings (SSSR count). The van der Waals surface area contributed by atoms with Crippen LogP contribution in [0.25, 0.3) is 0 Å². The molecule has 186 valence electrons. The summed E-state index contributed by atoms with van der Waals surface area (Å²) in [5.41, 5.74) is 4.50. The number of fused-ring (bicyclic) bond motifs is 2. The smallest absolute Gasteiger partial charge is 0.308 e. The van der Waals surface area contributed by atoms with Gasteiger partial charge in [0.25, 0.3) is 0 Å². The van der Waals surface area contributed by atoms with E-state index in [2.05, 4.69) is 23.5 Å². The van der Waals surface area contributed by atoms with Gasteiger partial charge in [0.05, 0.1) is 25.7 Å². The van der Waals surface area contributed by atoms with Crippen LogP contribution in [0.15, 0.2) is 30.3 Å². The Bertz CT molecular complexity index is 1090. The molecule has 0 radical (unpaired) electrons. The third kappa shape index (κ3) is 5.29. The Kier molecular flexibility index (Phi) is 7.21. The Balaban J connectivity index is 1.23. The van der Waals surface area contributed by atoms with E-state index in [0.717, 1.165) is 74.3 Å². The minimum atomic E-state index is -0.325. The van der Waals surface area contributed by atoms with Crippen molar-refractivity contribution < 1.29 is 19.1 Å². The van der Waals surface area contributed by atoms with Gasteiger partial charge in [0.1, 0.15) is 11.6 Å². The molecule has 1 aromatic carbocycles. The molecular formula is C28H35N3O4. The van der Waals surface area contributed by atoms with Gasteiger partial charge in [-0.2, -0.15) is 0 Å². The number of nitrogens with one attached hydrogen (secondary N) is 1. The van der Waals surface area contributed by atoms with E-state index >= 15 is 0 Å². The van der Waals surface area contributed by atoms with Gasteiger partial charge in [-0.05, 0) is 74.3 Å². The summed E-state index contributed by atoms with van der Waals surface area (Å²) < 4.78 is 11.0. The maximum Gasteiger partial charge on any atom is 0.308 e. The minimum Gasteiger partial charge on any atom is -0.493 e. The lowest BCUT2D eigenvalue weighted by Gasteiger charge is -2.28. The number of aromatic nitrogens is 1. The van der Waals surface area contributed by atoms with Crippen molar-refractivity contribution in [3.8, 4) is 5.75 Å². The third-order valence-corrected chi connectivity index (χ3v) is 7.43. The summed E-state index contributed by atoms with van der Waals surface area (Å²) in [6, 6.07) is 10.1. The van der Waals surface area contributed by atoms with Crippen LogP contribution in [0.3, 0.4) is 0 Å².